The second-order valence-electron chi connectivity index (χ2n) is 2.87. The summed E-state index contributed by atoms with van der Waals surface area (Å²) < 4.78 is 0. The van der Waals surface area contributed by atoms with E-state index in [4.69, 9.17) is 0 Å². The maximum Gasteiger partial charge on any atom is 0.0955 e. The Morgan fingerprint density at radius 3 is 2.78 bits per heavy atom. The van der Waals surface area contributed by atoms with Crippen molar-refractivity contribution < 1.29 is 0 Å². The van der Waals surface area contributed by atoms with Gasteiger partial charge >= 0.3 is 0 Å². The van der Waals surface area contributed by atoms with Gasteiger partial charge in [-0.05, 0) is 12.8 Å². The van der Waals surface area contributed by atoms with Gasteiger partial charge in [-0.25, -0.2) is 0 Å². The van der Waals surface area contributed by atoms with E-state index in [0.29, 0.717) is 0 Å². The molecule has 1 aliphatic rings. The molecule has 1 unspecified atom stereocenters. The lowest BCUT2D eigenvalue weighted by molar-refractivity contribution is 0.382. The molecule has 0 N–H and O–H groups in total. The highest BCUT2D eigenvalue weighted by Gasteiger charge is 2.11. The molecule has 1 atom stereocenters. The molecular formula is C7H14N2. The quantitative estimate of drug-likeness (QED) is 0.472. The van der Waals surface area contributed by atoms with Gasteiger partial charge in [0.1, 0.15) is 0 Å². The fraction of sp³-hybridized carbons (Fsp3) is 0.857. The highest BCUT2D eigenvalue weighted by molar-refractivity contribution is 5.79. The zero-order valence-corrected chi connectivity index (χ0v) is 6.39. The highest BCUT2D eigenvalue weighted by Crippen LogP contribution is 2.05. The van der Waals surface area contributed by atoms with Crippen LogP contribution >= 0.6 is 0 Å². The molecule has 0 radical (unpaired) electrons. The third-order valence-electron chi connectivity index (χ3n) is 1.77. The van der Waals surface area contributed by atoms with E-state index in [1.165, 1.54) is 5.84 Å². The van der Waals surface area contributed by atoms with E-state index in [0.717, 1.165) is 19.0 Å². The van der Waals surface area contributed by atoms with Crippen molar-refractivity contribution in [1.82, 2.24) is 4.90 Å². The van der Waals surface area contributed by atoms with Crippen molar-refractivity contribution >= 4 is 5.84 Å². The van der Waals surface area contributed by atoms with E-state index in [1.54, 1.807) is 0 Å². The first-order chi connectivity index (χ1) is 4.20. The van der Waals surface area contributed by atoms with Crippen molar-refractivity contribution in [2.24, 2.45) is 10.9 Å². The first-order valence-corrected chi connectivity index (χ1v) is 3.42. The molecule has 2 heteroatoms. The van der Waals surface area contributed by atoms with Crippen LogP contribution in [0.2, 0.25) is 0 Å². The normalized spacial score (nSPS) is 28.1. The van der Waals surface area contributed by atoms with Gasteiger partial charge in [-0.1, -0.05) is 6.92 Å². The fourth-order valence-electron chi connectivity index (χ4n) is 1.07. The Labute approximate surface area is 56.6 Å². The molecule has 9 heavy (non-hydrogen) atoms. The Hall–Kier alpha value is -0.530. The summed E-state index contributed by atoms with van der Waals surface area (Å²) in [5, 5.41) is 0. The van der Waals surface area contributed by atoms with Crippen molar-refractivity contribution in [3.63, 3.8) is 0 Å². The molecule has 0 aromatic carbocycles. The Morgan fingerprint density at radius 1 is 1.67 bits per heavy atom. The molecule has 1 aliphatic heterocycles. The largest absolute Gasteiger partial charge is 0.363 e. The summed E-state index contributed by atoms with van der Waals surface area (Å²) in [4.78, 5) is 6.54. The second-order valence-corrected chi connectivity index (χ2v) is 2.87. The van der Waals surface area contributed by atoms with Crippen LogP contribution in [0, 0.1) is 5.92 Å². The van der Waals surface area contributed by atoms with Gasteiger partial charge in [0.15, 0.2) is 0 Å². The van der Waals surface area contributed by atoms with E-state index in [-0.39, 0.29) is 0 Å². The minimum Gasteiger partial charge on any atom is -0.363 e. The van der Waals surface area contributed by atoms with E-state index in [9.17, 15) is 0 Å². The predicted molar refractivity (Wildman–Crippen MR) is 39.8 cm³/mol. The molecule has 1 heterocycles. The van der Waals surface area contributed by atoms with E-state index in [1.807, 2.05) is 0 Å². The molecule has 2 nitrogen and oxygen atoms in total. The molecular weight excluding hydrogens is 112 g/mol. The first kappa shape index (κ1) is 6.59. The van der Waals surface area contributed by atoms with E-state index >= 15 is 0 Å². The van der Waals surface area contributed by atoms with Crippen molar-refractivity contribution in [3.05, 3.63) is 0 Å². The highest BCUT2D eigenvalue weighted by atomic mass is 15.2. The van der Waals surface area contributed by atoms with Gasteiger partial charge < -0.3 is 4.90 Å². The average molecular weight is 126 g/mol. The summed E-state index contributed by atoms with van der Waals surface area (Å²) in [6.45, 7) is 6.46. The lowest BCUT2D eigenvalue weighted by atomic mass is 10.1. The molecule has 0 bridgehead atoms. The van der Waals surface area contributed by atoms with Gasteiger partial charge in [0.2, 0.25) is 0 Å². The van der Waals surface area contributed by atoms with E-state index in [2.05, 4.69) is 30.8 Å². The zero-order valence-electron chi connectivity index (χ0n) is 6.39. The van der Waals surface area contributed by atoms with Crippen molar-refractivity contribution in [2.45, 2.75) is 13.8 Å². The third kappa shape index (κ3) is 1.44. The molecule has 0 saturated carbocycles. The number of amidine groups is 1. The smallest absolute Gasteiger partial charge is 0.0955 e. The van der Waals surface area contributed by atoms with Gasteiger partial charge in [-0.3, -0.25) is 4.99 Å². The van der Waals surface area contributed by atoms with Crippen LogP contribution in [0.15, 0.2) is 4.99 Å². The average Bonchev–Trinajstić information content (AvgIpc) is 1.80. The van der Waals surface area contributed by atoms with Crippen LogP contribution in [0.25, 0.3) is 0 Å². The summed E-state index contributed by atoms with van der Waals surface area (Å²) in [6, 6.07) is 0. The van der Waals surface area contributed by atoms with Gasteiger partial charge in [-0.2, -0.15) is 0 Å². The van der Waals surface area contributed by atoms with Gasteiger partial charge in [-0.15, -0.1) is 0 Å². The maximum atomic E-state index is 4.33. The molecule has 52 valence electrons. The Morgan fingerprint density at radius 2 is 2.33 bits per heavy atom. The molecule has 0 fully saturated rings. The SMILES string of the molecule is CC1=NCC(C)CN1C. The minimum absolute atomic E-state index is 0.735. The third-order valence-corrected chi connectivity index (χ3v) is 1.77. The number of aliphatic imine (C=N–C) groups is 1. The molecule has 1 rings (SSSR count). The van der Waals surface area contributed by atoms with Gasteiger partial charge in [0.05, 0.1) is 5.84 Å². The zero-order chi connectivity index (χ0) is 6.85. The van der Waals surface area contributed by atoms with Crippen LogP contribution in [0.5, 0.6) is 0 Å². The summed E-state index contributed by atoms with van der Waals surface area (Å²) in [7, 11) is 2.09. The number of hydrogen-bond donors (Lipinski definition) is 0. The fourth-order valence-corrected chi connectivity index (χ4v) is 1.07. The van der Waals surface area contributed by atoms with Crippen LogP contribution < -0.4 is 0 Å². The molecule has 0 aromatic heterocycles. The summed E-state index contributed by atoms with van der Waals surface area (Å²) in [5.41, 5.74) is 0. The Kier molecular flexibility index (Phi) is 1.74. The lowest BCUT2D eigenvalue weighted by Gasteiger charge is -2.26. The molecule has 0 saturated heterocycles. The standard InChI is InChI=1S/C7H14N2/c1-6-4-8-7(2)9(3)5-6/h6H,4-5H2,1-3H3. The Bertz CT molecular complexity index is 129. The second kappa shape index (κ2) is 2.38. The molecule has 0 spiro atoms. The minimum atomic E-state index is 0.735. The lowest BCUT2D eigenvalue weighted by Crippen LogP contribution is -2.34. The Balaban J connectivity index is 2.56. The monoisotopic (exact) mass is 126 g/mol. The van der Waals surface area contributed by atoms with Crippen molar-refractivity contribution in [1.29, 1.82) is 0 Å². The van der Waals surface area contributed by atoms with Crippen molar-refractivity contribution in [3.8, 4) is 0 Å². The van der Waals surface area contributed by atoms with Crippen LogP contribution in [0.3, 0.4) is 0 Å². The molecule has 0 amide bonds. The molecule has 0 aromatic rings. The number of nitrogens with zero attached hydrogens (tertiary/aromatic N) is 2. The first-order valence-electron chi connectivity index (χ1n) is 3.42. The van der Waals surface area contributed by atoms with Crippen LogP contribution in [-0.4, -0.2) is 30.9 Å². The van der Waals surface area contributed by atoms with E-state index < -0.39 is 0 Å². The van der Waals surface area contributed by atoms with Crippen LogP contribution in [0.4, 0.5) is 0 Å². The van der Waals surface area contributed by atoms with Crippen LogP contribution in [0.1, 0.15) is 13.8 Å². The van der Waals surface area contributed by atoms with Gasteiger partial charge in [0, 0.05) is 20.1 Å². The van der Waals surface area contributed by atoms with Gasteiger partial charge in [0.25, 0.3) is 0 Å². The summed E-state index contributed by atoms with van der Waals surface area (Å²) in [5.74, 6) is 1.91. The van der Waals surface area contributed by atoms with Crippen molar-refractivity contribution in [2.75, 3.05) is 20.1 Å². The number of rotatable bonds is 0. The molecule has 0 aliphatic carbocycles. The number of hydrogen-bond acceptors (Lipinski definition) is 2. The predicted octanol–water partition coefficient (Wildman–Crippen LogP) is 0.986. The maximum absolute atomic E-state index is 4.33. The topological polar surface area (TPSA) is 15.6 Å². The van der Waals surface area contributed by atoms with Crippen LogP contribution in [-0.2, 0) is 0 Å². The summed E-state index contributed by atoms with van der Waals surface area (Å²) >= 11 is 0. The summed E-state index contributed by atoms with van der Waals surface area (Å²) in [6.07, 6.45) is 0.